The van der Waals surface area contributed by atoms with Gasteiger partial charge in [-0.3, -0.25) is 0 Å². The predicted molar refractivity (Wildman–Crippen MR) is 71.5 cm³/mol. The highest BCUT2D eigenvalue weighted by Crippen LogP contribution is 2.51. The Labute approximate surface area is 113 Å². The summed E-state index contributed by atoms with van der Waals surface area (Å²) >= 11 is 0. The number of carboxylic acid groups (broad SMARTS) is 1. The molecule has 0 amide bonds. The van der Waals surface area contributed by atoms with E-state index in [0.717, 1.165) is 18.4 Å². The maximum Gasteiger partial charge on any atom is 0.331 e. The van der Waals surface area contributed by atoms with Crippen molar-refractivity contribution in [3.63, 3.8) is 0 Å². The summed E-state index contributed by atoms with van der Waals surface area (Å²) in [4.78, 5) is 11.0. The zero-order chi connectivity index (χ0) is 14.4. The van der Waals surface area contributed by atoms with Crippen LogP contribution in [0.5, 0.6) is 0 Å². The average Bonchev–Trinajstić information content (AvgIpc) is 2.35. The molecule has 2 aliphatic carbocycles. The number of carbonyl (C=O) groups is 1. The second-order valence-corrected chi connectivity index (χ2v) is 6.21. The number of aliphatic hydroxyl groups is 2. The van der Waals surface area contributed by atoms with Crippen LogP contribution in [0.1, 0.15) is 33.1 Å². The SMILES string of the molecule is C=C(C(=O)O)[C@H]1C=C2[C@@H](C)[C@@H](O)[C@H](O)C[C@]2(C)CC1. The largest absolute Gasteiger partial charge is 0.478 e. The molecule has 19 heavy (non-hydrogen) atoms. The molecule has 0 aromatic rings. The lowest BCUT2D eigenvalue weighted by Crippen LogP contribution is -2.47. The van der Waals surface area contributed by atoms with Gasteiger partial charge in [0.05, 0.1) is 12.2 Å². The van der Waals surface area contributed by atoms with Gasteiger partial charge in [0, 0.05) is 17.4 Å². The summed E-state index contributed by atoms with van der Waals surface area (Å²) in [7, 11) is 0. The molecule has 3 N–H and O–H groups in total. The lowest BCUT2D eigenvalue weighted by Gasteiger charge is -2.48. The van der Waals surface area contributed by atoms with E-state index in [9.17, 15) is 15.0 Å². The Morgan fingerprint density at radius 3 is 2.68 bits per heavy atom. The topological polar surface area (TPSA) is 77.8 Å². The van der Waals surface area contributed by atoms with Gasteiger partial charge in [0.15, 0.2) is 0 Å². The summed E-state index contributed by atoms with van der Waals surface area (Å²) in [6.07, 6.45) is 2.59. The van der Waals surface area contributed by atoms with Gasteiger partial charge in [-0.1, -0.05) is 32.1 Å². The molecule has 0 radical (unpaired) electrons. The van der Waals surface area contributed by atoms with Gasteiger partial charge >= 0.3 is 5.97 Å². The summed E-state index contributed by atoms with van der Waals surface area (Å²) in [5, 5.41) is 29.0. The minimum atomic E-state index is -0.963. The van der Waals surface area contributed by atoms with E-state index in [2.05, 4.69) is 13.5 Å². The molecule has 0 aromatic carbocycles. The van der Waals surface area contributed by atoms with Gasteiger partial charge in [-0.05, 0) is 24.7 Å². The summed E-state index contributed by atoms with van der Waals surface area (Å²) in [6.45, 7) is 7.62. The molecule has 5 atom stereocenters. The number of aliphatic hydroxyl groups excluding tert-OH is 2. The highest BCUT2D eigenvalue weighted by Gasteiger charge is 2.46. The molecular formula is C15H22O4. The van der Waals surface area contributed by atoms with Crippen LogP contribution in [0.15, 0.2) is 23.8 Å². The highest BCUT2D eigenvalue weighted by molar-refractivity contribution is 5.86. The number of hydrogen-bond donors (Lipinski definition) is 3. The molecule has 0 heterocycles. The van der Waals surface area contributed by atoms with Crippen molar-refractivity contribution in [2.75, 3.05) is 0 Å². The number of rotatable bonds is 2. The lowest BCUT2D eigenvalue weighted by atomic mass is 9.59. The van der Waals surface area contributed by atoms with Crippen molar-refractivity contribution in [3.8, 4) is 0 Å². The standard InChI is InChI=1S/C15H22O4/c1-8(14(18)19)10-4-5-15(3)7-12(16)13(17)9(2)11(15)6-10/h6,9-10,12-13,16-17H,1,4-5,7H2,2-3H3,(H,18,19)/t9-,10-,12-,13-,15+/m1/s1. The Hall–Kier alpha value is -1.13. The Morgan fingerprint density at radius 2 is 2.11 bits per heavy atom. The molecule has 0 unspecified atom stereocenters. The van der Waals surface area contributed by atoms with Crippen LogP contribution in [0, 0.1) is 17.3 Å². The average molecular weight is 266 g/mol. The van der Waals surface area contributed by atoms with E-state index < -0.39 is 18.2 Å². The lowest BCUT2D eigenvalue weighted by molar-refractivity contribution is -0.133. The van der Waals surface area contributed by atoms with E-state index in [4.69, 9.17) is 5.11 Å². The third-order valence-corrected chi connectivity index (χ3v) is 4.86. The molecule has 0 saturated heterocycles. The third kappa shape index (κ3) is 2.35. The first-order valence-corrected chi connectivity index (χ1v) is 6.76. The van der Waals surface area contributed by atoms with Crippen molar-refractivity contribution in [3.05, 3.63) is 23.8 Å². The first kappa shape index (κ1) is 14.3. The molecule has 0 aliphatic heterocycles. The van der Waals surface area contributed by atoms with Crippen LogP contribution in [-0.4, -0.2) is 33.5 Å². The predicted octanol–water partition coefficient (Wildman–Crippen LogP) is 1.73. The molecule has 0 spiro atoms. The normalized spacial score (nSPS) is 42.2. The van der Waals surface area contributed by atoms with Crippen LogP contribution in [-0.2, 0) is 4.79 Å². The van der Waals surface area contributed by atoms with Crippen LogP contribution < -0.4 is 0 Å². The summed E-state index contributed by atoms with van der Waals surface area (Å²) < 4.78 is 0. The van der Waals surface area contributed by atoms with Gasteiger partial charge in [-0.2, -0.15) is 0 Å². The third-order valence-electron chi connectivity index (χ3n) is 4.86. The molecule has 2 aliphatic rings. The quantitative estimate of drug-likeness (QED) is 0.525. The Kier molecular flexibility index (Phi) is 3.58. The molecule has 4 heteroatoms. The van der Waals surface area contributed by atoms with Crippen molar-refractivity contribution in [1.29, 1.82) is 0 Å². The number of aliphatic carboxylic acids is 1. The Balaban J connectivity index is 2.33. The van der Waals surface area contributed by atoms with Crippen molar-refractivity contribution < 1.29 is 20.1 Å². The fourth-order valence-corrected chi connectivity index (χ4v) is 3.57. The highest BCUT2D eigenvalue weighted by atomic mass is 16.4. The van der Waals surface area contributed by atoms with Crippen LogP contribution in [0.3, 0.4) is 0 Å². The summed E-state index contributed by atoms with van der Waals surface area (Å²) in [5.41, 5.74) is 1.15. The molecule has 1 saturated carbocycles. The first-order valence-electron chi connectivity index (χ1n) is 6.76. The van der Waals surface area contributed by atoms with Gasteiger partial charge in [-0.25, -0.2) is 4.79 Å². The van der Waals surface area contributed by atoms with Crippen LogP contribution >= 0.6 is 0 Å². The van der Waals surface area contributed by atoms with E-state index in [1.165, 1.54) is 0 Å². The first-order chi connectivity index (χ1) is 8.76. The molecule has 2 rings (SSSR count). The van der Waals surface area contributed by atoms with Crippen LogP contribution in [0.2, 0.25) is 0 Å². The van der Waals surface area contributed by atoms with Crippen molar-refractivity contribution in [1.82, 2.24) is 0 Å². The van der Waals surface area contributed by atoms with E-state index in [0.29, 0.717) is 6.42 Å². The van der Waals surface area contributed by atoms with Crippen molar-refractivity contribution in [2.45, 2.75) is 45.3 Å². The van der Waals surface area contributed by atoms with E-state index in [1.54, 1.807) is 0 Å². The van der Waals surface area contributed by atoms with Gasteiger partial charge in [-0.15, -0.1) is 0 Å². The van der Waals surface area contributed by atoms with Crippen LogP contribution in [0.4, 0.5) is 0 Å². The smallest absolute Gasteiger partial charge is 0.331 e. The van der Waals surface area contributed by atoms with Crippen LogP contribution in [0.25, 0.3) is 0 Å². The fourth-order valence-electron chi connectivity index (χ4n) is 3.57. The Bertz CT molecular complexity index is 439. The minimum absolute atomic E-state index is 0.132. The van der Waals surface area contributed by atoms with E-state index >= 15 is 0 Å². The van der Waals surface area contributed by atoms with Gasteiger partial charge < -0.3 is 15.3 Å². The maximum absolute atomic E-state index is 11.0. The number of carboxylic acids is 1. The number of hydrogen-bond acceptors (Lipinski definition) is 3. The Morgan fingerprint density at radius 1 is 1.47 bits per heavy atom. The zero-order valence-corrected chi connectivity index (χ0v) is 11.5. The minimum Gasteiger partial charge on any atom is -0.478 e. The van der Waals surface area contributed by atoms with Gasteiger partial charge in [0.25, 0.3) is 0 Å². The van der Waals surface area contributed by atoms with E-state index in [1.807, 2.05) is 13.0 Å². The monoisotopic (exact) mass is 266 g/mol. The maximum atomic E-state index is 11.0. The number of allylic oxidation sites excluding steroid dienone is 1. The number of fused-ring (bicyclic) bond motifs is 1. The van der Waals surface area contributed by atoms with E-state index in [-0.39, 0.29) is 22.8 Å². The molecule has 0 aromatic heterocycles. The van der Waals surface area contributed by atoms with Gasteiger partial charge in [0.1, 0.15) is 0 Å². The fraction of sp³-hybridized carbons (Fsp3) is 0.667. The second kappa shape index (κ2) is 4.76. The summed E-state index contributed by atoms with van der Waals surface area (Å²) in [5.74, 6) is -1.27. The zero-order valence-electron chi connectivity index (χ0n) is 11.5. The van der Waals surface area contributed by atoms with Crippen molar-refractivity contribution >= 4 is 5.97 Å². The summed E-state index contributed by atoms with van der Waals surface area (Å²) in [6, 6.07) is 0. The second-order valence-electron chi connectivity index (χ2n) is 6.21. The molecule has 106 valence electrons. The molecular weight excluding hydrogens is 244 g/mol. The molecule has 1 fully saturated rings. The molecule has 0 bridgehead atoms. The van der Waals surface area contributed by atoms with Gasteiger partial charge in [0.2, 0.25) is 0 Å². The van der Waals surface area contributed by atoms with Crippen molar-refractivity contribution in [2.24, 2.45) is 17.3 Å². The molecule has 4 nitrogen and oxygen atoms in total.